The van der Waals surface area contributed by atoms with Crippen molar-refractivity contribution in [1.82, 2.24) is 19.1 Å². The first-order valence-electron chi connectivity index (χ1n) is 15.7. The maximum absolute atomic E-state index is 7.84. The summed E-state index contributed by atoms with van der Waals surface area (Å²) in [5.74, 6) is 0.0352. The number of hydrogen-bond acceptors (Lipinski definition) is 2. The molecule has 0 unspecified atom stereocenters. The van der Waals surface area contributed by atoms with Gasteiger partial charge in [-0.15, -0.1) is 9.97 Å². The van der Waals surface area contributed by atoms with Gasteiger partial charge in [0.2, 0.25) is 11.0 Å². The van der Waals surface area contributed by atoms with Crippen LogP contribution in [0.25, 0.3) is 97.3 Å². The normalized spacial score (nSPS) is 11.7. The molecule has 0 atom stereocenters. The largest absolute Gasteiger partial charge is 0.370 e. The summed E-state index contributed by atoms with van der Waals surface area (Å²) < 4.78 is 4.61. The van der Waals surface area contributed by atoms with Crippen LogP contribution in [0.1, 0.15) is 0 Å². The number of hydrogen-bond donors (Lipinski definition) is 0. The van der Waals surface area contributed by atoms with Crippen LogP contribution in [0.15, 0.2) is 133 Å². The number of benzene rings is 7. The summed E-state index contributed by atoms with van der Waals surface area (Å²) in [4.78, 5) is 17.0. The summed E-state index contributed by atoms with van der Waals surface area (Å²) in [7, 11) is 0. The molecule has 0 saturated heterocycles. The lowest BCUT2D eigenvalue weighted by molar-refractivity contribution is 1.18. The highest BCUT2D eigenvalue weighted by Crippen LogP contribution is 2.46. The van der Waals surface area contributed by atoms with Gasteiger partial charge in [-0.25, -0.2) is 0 Å². The van der Waals surface area contributed by atoms with Crippen molar-refractivity contribution < 1.29 is 0 Å². The first-order chi connectivity index (χ1) is 23.7. The van der Waals surface area contributed by atoms with E-state index in [-0.39, 0.29) is 11.6 Å². The van der Waals surface area contributed by atoms with Crippen LogP contribution < -0.4 is 0 Å². The molecule has 0 radical (unpaired) electrons. The molecule has 0 aliphatic heterocycles. The van der Waals surface area contributed by atoms with Crippen molar-refractivity contribution in [1.29, 1.82) is 0 Å². The summed E-state index contributed by atoms with van der Waals surface area (Å²) in [6, 6.07) is 46.6. The fourth-order valence-corrected chi connectivity index (χ4v) is 7.61. The lowest BCUT2D eigenvalue weighted by Gasteiger charge is -2.12. The van der Waals surface area contributed by atoms with E-state index in [1.54, 1.807) is 0 Å². The topological polar surface area (TPSA) is 44.4 Å². The number of aromatic nitrogens is 4. The average molecular weight is 611 g/mol. The van der Waals surface area contributed by atoms with Gasteiger partial charge in [0.1, 0.15) is 0 Å². The molecule has 48 heavy (non-hydrogen) atoms. The Hall–Kier alpha value is -7.02. The highest BCUT2D eigenvalue weighted by molar-refractivity contribution is 6.36. The maximum atomic E-state index is 7.84. The molecule has 0 saturated carbocycles. The van der Waals surface area contributed by atoms with E-state index in [1.165, 1.54) is 0 Å². The minimum Gasteiger partial charge on any atom is -0.370 e. The highest BCUT2D eigenvalue weighted by Gasteiger charge is 2.25. The van der Waals surface area contributed by atoms with Crippen molar-refractivity contribution in [2.45, 2.75) is 0 Å². The van der Waals surface area contributed by atoms with Gasteiger partial charge in [-0.05, 0) is 66.0 Å². The lowest BCUT2D eigenvalue weighted by Crippen LogP contribution is -1.95. The summed E-state index contributed by atoms with van der Waals surface area (Å²) in [5, 5.41) is 8.41. The Morgan fingerprint density at radius 1 is 0.396 bits per heavy atom. The van der Waals surface area contributed by atoms with Gasteiger partial charge in [0, 0.05) is 49.1 Å². The molecule has 6 heteroatoms. The third-order valence-electron chi connectivity index (χ3n) is 9.53. The van der Waals surface area contributed by atoms with E-state index in [2.05, 4.69) is 140 Å². The van der Waals surface area contributed by atoms with Crippen LogP contribution >= 0.6 is 0 Å². The van der Waals surface area contributed by atoms with E-state index in [4.69, 9.17) is 23.1 Å². The van der Waals surface area contributed by atoms with Crippen molar-refractivity contribution in [3.63, 3.8) is 0 Å². The Bertz CT molecular complexity index is 3070. The van der Waals surface area contributed by atoms with E-state index in [1.807, 2.05) is 12.1 Å². The van der Waals surface area contributed by atoms with Gasteiger partial charge in [-0.2, -0.15) is 0 Å². The van der Waals surface area contributed by atoms with Gasteiger partial charge in [0.05, 0.1) is 22.1 Å². The van der Waals surface area contributed by atoms with E-state index in [0.29, 0.717) is 11.0 Å². The molecule has 0 aliphatic rings. The fourth-order valence-electron chi connectivity index (χ4n) is 7.61. The molecule has 0 bridgehead atoms. The highest BCUT2D eigenvalue weighted by atomic mass is 15.0. The zero-order valence-electron chi connectivity index (χ0n) is 25.4. The van der Waals surface area contributed by atoms with Crippen LogP contribution in [0.3, 0.4) is 0 Å². The quantitative estimate of drug-likeness (QED) is 0.144. The van der Waals surface area contributed by atoms with Crippen LogP contribution in [0.2, 0.25) is 0 Å². The van der Waals surface area contributed by atoms with Gasteiger partial charge in [-0.1, -0.05) is 85.9 Å². The molecule has 0 aliphatic carbocycles. The molecule has 10 aromatic rings. The van der Waals surface area contributed by atoms with Crippen LogP contribution in [-0.4, -0.2) is 19.1 Å². The van der Waals surface area contributed by atoms with E-state index in [0.717, 1.165) is 76.5 Å². The smallest absolute Gasteiger partial charge is 0.294 e. The Morgan fingerprint density at radius 2 is 0.938 bits per heavy atom. The molecule has 0 spiro atoms. The second-order valence-electron chi connectivity index (χ2n) is 12.0. The number of fused-ring (bicyclic) bond motifs is 13. The van der Waals surface area contributed by atoms with Crippen molar-refractivity contribution >= 4 is 87.8 Å². The maximum Gasteiger partial charge on any atom is 0.294 e. The van der Waals surface area contributed by atoms with E-state index in [9.17, 15) is 0 Å². The van der Waals surface area contributed by atoms with Gasteiger partial charge in [0.25, 0.3) is 11.6 Å². The molecule has 0 N–H and O–H groups in total. The predicted molar refractivity (Wildman–Crippen MR) is 196 cm³/mol. The Morgan fingerprint density at radius 3 is 1.58 bits per heavy atom. The van der Waals surface area contributed by atoms with Crippen molar-refractivity contribution in [3.8, 4) is 11.4 Å². The number of nitrogens with zero attached hydrogens (tertiary/aromatic N) is 6. The van der Waals surface area contributed by atoms with E-state index < -0.39 is 0 Å². The lowest BCUT2D eigenvalue weighted by atomic mass is 9.94. The van der Waals surface area contributed by atoms with Crippen LogP contribution in [0, 0.1) is 13.1 Å². The van der Waals surface area contributed by atoms with Crippen molar-refractivity contribution in [2.75, 3.05) is 0 Å². The number of para-hydroxylation sites is 4. The summed E-state index contributed by atoms with van der Waals surface area (Å²) in [6.45, 7) is 15.7. The average Bonchev–Trinajstić information content (AvgIpc) is 3.66. The van der Waals surface area contributed by atoms with Gasteiger partial charge < -0.3 is 18.8 Å². The Balaban J connectivity index is 1.50. The monoisotopic (exact) mass is 610 g/mol. The predicted octanol–water partition coefficient (Wildman–Crippen LogP) is 11.2. The van der Waals surface area contributed by atoms with Crippen LogP contribution in [0.4, 0.5) is 11.6 Å². The third kappa shape index (κ3) is 3.43. The van der Waals surface area contributed by atoms with Crippen molar-refractivity contribution in [3.05, 3.63) is 156 Å². The molecule has 10 rings (SSSR count). The van der Waals surface area contributed by atoms with Gasteiger partial charge in [-0.3, -0.25) is 0 Å². The molecule has 0 fully saturated rings. The number of rotatable bonds is 2. The summed E-state index contributed by atoms with van der Waals surface area (Å²) >= 11 is 0. The zero-order chi connectivity index (χ0) is 31.9. The Labute approximate surface area is 274 Å². The molecule has 6 nitrogen and oxygen atoms in total. The Kier molecular flexibility index (Phi) is 5.32. The molecule has 220 valence electrons. The van der Waals surface area contributed by atoms with Crippen LogP contribution in [-0.2, 0) is 0 Å². The second-order valence-corrected chi connectivity index (χ2v) is 12.0. The van der Waals surface area contributed by atoms with Crippen molar-refractivity contribution in [2.24, 2.45) is 0 Å². The molecule has 0 amide bonds. The first kappa shape index (κ1) is 26.2. The summed E-state index contributed by atoms with van der Waals surface area (Å²) in [5.41, 5.74) is 7.72. The minimum atomic E-state index is 0.0172. The molecular weight excluding hydrogens is 589 g/mol. The molecular formula is C42H22N6. The first-order valence-corrected chi connectivity index (χ1v) is 15.7. The van der Waals surface area contributed by atoms with Crippen LogP contribution in [0.5, 0.6) is 0 Å². The zero-order valence-corrected chi connectivity index (χ0v) is 25.4. The molecule has 3 heterocycles. The standard InChI is InChI=1S/C42H22N6/c1-43-41-42(44-2)46-40-32-24-36-30(27-17-9-11-19-33(27)48(36)26-15-7-4-8-16-26)23-31(32)37-29(39(40)45-41)21-22-35-38(37)28-18-10-12-20-34(28)47(35)25-13-5-3-6-14-25/h3-24H. The van der Waals surface area contributed by atoms with Gasteiger partial charge in [0.15, 0.2) is 0 Å². The summed E-state index contributed by atoms with van der Waals surface area (Å²) in [6.07, 6.45) is 0. The third-order valence-corrected chi connectivity index (χ3v) is 9.53. The van der Waals surface area contributed by atoms with E-state index >= 15 is 0 Å². The molecule has 3 aromatic heterocycles. The minimum absolute atomic E-state index is 0.0172. The fraction of sp³-hybridized carbons (Fsp3) is 0. The molecule has 7 aromatic carbocycles. The van der Waals surface area contributed by atoms with Gasteiger partial charge >= 0.3 is 0 Å². The second kappa shape index (κ2) is 9.74. The SMILES string of the molecule is [C-]#[N+]c1nc2c3cc4c(cc3c3c(ccc5c3c3ccccc3n5-c3ccccc3)c2nc1[N+]#[C-])c1ccccc1n4-c1ccccc1.